The number of halogens is 1. The van der Waals surface area contributed by atoms with E-state index in [2.05, 4.69) is 15.4 Å². The molecule has 1 heterocycles. The Kier molecular flexibility index (Phi) is 5.33. The lowest BCUT2D eigenvalue weighted by Crippen LogP contribution is -2.40. The van der Waals surface area contributed by atoms with Gasteiger partial charge in [0.25, 0.3) is 0 Å². The maximum Gasteiger partial charge on any atom is 0.229 e. The molecule has 1 unspecified atom stereocenters. The molecular weight excluding hydrogens is 313 g/mol. The van der Waals surface area contributed by atoms with Gasteiger partial charge in [-0.05, 0) is 18.2 Å². The topological polar surface area (TPSA) is 96.5 Å². The van der Waals surface area contributed by atoms with Crippen molar-refractivity contribution in [1.29, 1.82) is 0 Å². The first kappa shape index (κ1) is 16.7. The highest BCUT2D eigenvalue weighted by Gasteiger charge is 2.18. The first-order chi connectivity index (χ1) is 10.3. The van der Waals surface area contributed by atoms with Crippen molar-refractivity contribution in [3.05, 3.63) is 24.0 Å². The number of morpholine rings is 1. The zero-order chi connectivity index (χ0) is 16.2. The van der Waals surface area contributed by atoms with E-state index in [4.69, 9.17) is 4.74 Å². The third-order valence-electron chi connectivity index (χ3n) is 2.96. The minimum atomic E-state index is -3.60. The third kappa shape index (κ3) is 5.24. The average Bonchev–Trinajstić information content (AvgIpc) is 2.42. The van der Waals surface area contributed by atoms with Crippen molar-refractivity contribution >= 4 is 27.3 Å². The number of rotatable bonds is 5. The van der Waals surface area contributed by atoms with E-state index in [0.717, 1.165) is 18.9 Å². The number of nitrogens with one attached hydrogen (secondary N) is 3. The Morgan fingerprint density at radius 3 is 2.91 bits per heavy atom. The molecule has 122 valence electrons. The van der Waals surface area contributed by atoms with Crippen molar-refractivity contribution in [2.75, 3.05) is 36.0 Å². The maximum absolute atomic E-state index is 13.5. The van der Waals surface area contributed by atoms with Gasteiger partial charge in [-0.15, -0.1) is 0 Å². The van der Waals surface area contributed by atoms with Crippen LogP contribution in [0.25, 0.3) is 0 Å². The molecule has 7 nitrogen and oxygen atoms in total. The smallest absolute Gasteiger partial charge is 0.229 e. The number of hydrogen-bond acceptors (Lipinski definition) is 5. The first-order valence-corrected chi connectivity index (χ1v) is 8.62. The number of carbonyl (C=O) groups excluding carboxylic acids is 1. The number of carbonyl (C=O) groups is 1. The summed E-state index contributed by atoms with van der Waals surface area (Å²) in [5, 5.41) is 5.71. The minimum Gasteiger partial charge on any atom is -0.375 e. The molecule has 1 fully saturated rings. The monoisotopic (exact) mass is 331 g/mol. The number of sulfonamides is 1. The van der Waals surface area contributed by atoms with E-state index in [-0.39, 0.29) is 24.1 Å². The molecule has 1 amide bonds. The highest BCUT2D eigenvalue weighted by atomic mass is 32.2. The van der Waals surface area contributed by atoms with Gasteiger partial charge < -0.3 is 15.4 Å². The standard InChI is InChI=1S/C13H18FN3O4S/c1-22(19,20)17-12-6-9(2-3-11(12)14)16-13(18)7-10-8-15-4-5-21-10/h2-3,6,10,15,17H,4-5,7-8H2,1H3,(H,16,18). The predicted molar refractivity (Wildman–Crippen MR) is 80.7 cm³/mol. The van der Waals surface area contributed by atoms with Crippen LogP contribution in [0.4, 0.5) is 15.8 Å². The summed E-state index contributed by atoms with van der Waals surface area (Å²) in [6.07, 6.45) is 0.882. The Morgan fingerprint density at radius 2 is 2.27 bits per heavy atom. The summed E-state index contributed by atoms with van der Waals surface area (Å²) in [5.74, 6) is -1.01. The van der Waals surface area contributed by atoms with Crippen LogP contribution in [0, 0.1) is 5.82 Å². The fourth-order valence-electron chi connectivity index (χ4n) is 2.05. The quantitative estimate of drug-likeness (QED) is 0.731. The summed E-state index contributed by atoms with van der Waals surface area (Å²) in [6, 6.07) is 3.68. The molecule has 0 radical (unpaired) electrons. The molecule has 0 aliphatic carbocycles. The normalized spacial score (nSPS) is 18.7. The van der Waals surface area contributed by atoms with Crippen LogP contribution in [0.15, 0.2) is 18.2 Å². The van der Waals surface area contributed by atoms with Gasteiger partial charge in [0.1, 0.15) is 5.82 Å². The van der Waals surface area contributed by atoms with Crippen LogP contribution in [0.1, 0.15) is 6.42 Å². The molecule has 0 saturated carbocycles. The van der Waals surface area contributed by atoms with E-state index in [1.165, 1.54) is 12.1 Å². The number of hydrogen-bond donors (Lipinski definition) is 3. The number of benzene rings is 1. The molecule has 22 heavy (non-hydrogen) atoms. The summed E-state index contributed by atoms with van der Waals surface area (Å²) in [6.45, 7) is 1.91. The molecule has 2 rings (SSSR count). The lowest BCUT2D eigenvalue weighted by Gasteiger charge is -2.23. The highest BCUT2D eigenvalue weighted by molar-refractivity contribution is 7.92. The Balaban J connectivity index is 1.99. The highest BCUT2D eigenvalue weighted by Crippen LogP contribution is 2.21. The predicted octanol–water partition coefficient (Wildman–Crippen LogP) is 0.514. The van der Waals surface area contributed by atoms with E-state index in [1.54, 1.807) is 0 Å². The summed E-state index contributed by atoms with van der Waals surface area (Å²) in [4.78, 5) is 11.9. The van der Waals surface area contributed by atoms with Gasteiger partial charge in [0.2, 0.25) is 15.9 Å². The van der Waals surface area contributed by atoms with Crippen LogP contribution < -0.4 is 15.4 Å². The molecule has 1 aliphatic rings. The van der Waals surface area contributed by atoms with E-state index >= 15 is 0 Å². The molecule has 0 bridgehead atoms. The molecule has 1 aromatic carbocycles. The van der Waals surface area contributed by atoms with Crippen LogP contribution in [-0.4, -0.2) is 46.4 Å². The van der Waals surface area contributed by atoms with Crippen LogP contribution in [0.3, 0.4) is 0 Å². The van der Waals surface area contributed by atoms with Gasteiger partial charge in [0.05, 0.1) is 31.1 Å². The molecule has 1 aliphatic heterocycles. The zero-order valence-electron chi connectivity index (χ0n) is 12.1. The van der Waals surface area contributed by atoms with Crippen LogP contribution in [0.5, 0.6) is 0 Å². The number of anilines is 2. The average molecular weight is 331 g/mol. The summed E-state index contributed by atoms with van der Waals surface area (Å²) >= 11 is 0. The van der Waals surface area contributed by atoms with Gasteiger partial charge in [0.15, 0.2) is 0 Å². The Labute approximate surface area is 128 Å². The van der Waals surface area contributed by atoms with Crippen molar-refractivity contribution in [2.45, 2.75) is 12.5 Å². The molecule has 1 aromatic rings. The van der Waals surface area contributed by atoms with Gasteiger partial charge in [-0.2, -0.15) is 0 Å². The zero-order valence-corrected chi connectivity index (χ0v) is 12.9. The van der Waals surface area contributed by atoms with Crippen molar-refractivity contribution in [3.8, 4) is 0 Å². The van der Waals surface area contributed by atoms with E-state index in [0.29, 0.717) is 18.8 Å². The van der Waals surface area contributed by atoms with Gasteiger partial charge in [-0.3, -0.25) is 9.52 Å². The van der Waals surface area contributed by atoms with E-state index < -0.39 is 15.8 Å². The minimum absolute atomic E-state index is 0.166. The summed E-state index contributed by atoms with van der Waals surface area (Å²) in [7, 11) is -3.60. The van der Waals surface area contributed by atoms with Crippen molar-refractivity contribution in [3.63, 3.8) is 0 Å². The second-order valence-electron chi connectivity index (χ2n) is 5.02. The lowest BCUT2D eigenvalue weighted by atomic mass is 10.2. The van der Waals surface area contributed by atoms with E-state index in [9.17, 15) is 17.6 Å². The molecule has 1 saturated heterocycles. The number of ether oxygens (including phenoxy) is 1. The molecule has 9 heteroatoms. The van der Waals surface area contributed by atoms with Crippen LogP contribution in [-0.2, 0) is 19.6 Å². The van der Waals surface area contributed by atoms with Gasteiger partial charge in [0, 0.05) is 18.8 Å². The molecule has 0 spiro atoms. The SMILES string of the molecule is CS(=O)(=O)Nc1cc(NC(=O)CC2CNCCO2)ccc1F. The van der Waals surface area contributed by atoms with Gasteiger partial charge >= 0.3 is 0 Å². The van der Waals surface area contributed by atoms with Gasteiger partial charge in [-0.1, -0.05) is 0 Å². The Morgan fingerprint density at radius 1 is 1.50 bits per heavy atom. The first-order valence-electron chi connectivity index (χ1n) is 6.73. The Bertz CT molecular complexity index is 645. The molecular formula is C13H18FN3O4S. The van der Waals surface area contributed by atoms with Crippen LogP contribution in [0.2, 0.25) is 0 Å². The third-order valence-corrected chi connectivity index (χ3v) is 3.55. The van der Waals surface area contributed by atoms with Crippen molar-refractivity contribution < 1.29 is 22.3 Å². The fraction of sp³-hybridized carbons (Fsp3) is 0.462. The number of amides is 1. The van der Waals surface area contributed by atoms with Gasteiger partial charge in [-0.25, -0.2) is 12.8 Å². The summed E-state index contributed by atoms with van der Waals surface area (Å²) in [5.41, 5.74) is 0.0946. The molecule has 0 aromatic heterocycles. The van der Waals surface area contributed by atoms with Crippen LogP contribution >= 0.6 is 0 Å². The lowest BCUT2D eigenvalue weighted by molar-refractivity contribution is -0.119. The maximum atomic E-state index is 13.5. The summed E-state index contributed by atoms with van der Waals surface area (Å²) < 4.78 is 43.3. The second-order valence-corrected chi connectivity index (χ2v) is 6.77. The molecule has 3 N–H and O–H groups in total. The van der Waals surface area contributed by atoms with Crippen molar-refractivity contribution in [1.82, 2.24) is 5.32 Å². The second kappa shape index (κ2) is 7.03. The largest absolute Gasteiger partial charge is 0.375 e. The Hall–Kier alpha value is -1.71. The fourth-order valence-corrected chi connectivity index (χ4v) is 2.61. The molecule has 1 atom stereocenters. The van der Waals surface area contributed by atoms with Crippen molar-refractivity contribution in [2.24, 2.45) is 0 Å². The van der Waals surface area contributed by atoms with E-state index in [1.807, 2.05) is 0 Å².